The number of carbonyl (C=O) groups excluding carboxylic acids is 2. The van der Waals surface area contributed by atoms with E-state index in [1.807, 2.05) is 76.2 Å². The fraction of sp³-hybridized carbons (Fsp3) is 0.371. The number of amides is 1. The fourth-order valence-electron chi connectivity index (χ4n) is 5.25. The molecule has 41 heavy (non-hydrogen) atoms. The third kappa shape index (κ3) is 5.88. The van der Waals surface area contributed by atoms with E-state index in [2.05, 4.69) is 20.8 Å². The lowest BCUT2D eigenvalue weighted by molar-refractivity contribution is -0.132. The Labute approximate surface area is 243 Å². The van der Waals surface area contributed by atoms with Crippen LogP contribution in [0.5, 0.6) is 11.5 Å². The van der Waals surface area contributed by atoms with Crippen molar-refractivity contribution in [2.24, 2.45) is 0 Å². The molecule has 1 amide bonds. The van der Waals surface area contributed by atoms with Crippen LogP contribution in [0.1, 0.15) is 87.7 Å². The van der Waals surface area contributed by atoms with E-state index in [1.165, 1.54) is 4.90 Å². The number of Topliss-reactive ketones (excluding diaryl/α,β-unsaturated/α-hetero) is 1. The van der Waals surface area contributed by atoms with Gasteiger partial charge in [-0.15, -0.1) is 0 Å². The van der Waals surface area contributed by atoms with Crippen molar-refractivity contribution in [2.75, 3.05) is 18.6 Å². The summed E-state index contributed by atoms with van der Waals surface area (Å²) in [6.45, 7) is 14.9. The molecule has 1 heterocycles. The van der Waals surface area contributed by atoms with Gasteiger partial charge in [0, 0.05) is 17.3 Å². The Balaban J connectivity index is 1.96. The summed E-state index contributed by atoms with van der Waals surface area (Å²) < 4.78 is 11.4. The van der Waals surface area contributed by atoms with Crippen LogP contribution in [-0.4, -0.2) is 30.5 Å². The van der Waals surface area contributed by atoms with Crippen molar-refractivity contribution in [3.63, 3.8) is 0 Å². The number of hydrogen-bond donors (Lipinski definition) is 1. The van der Waals surface area contributed by atoms with Gasteiger partial charge < -0.3 is 14.6 Å². The molecule has 1 unspecified atom stereocenters. The van der Waals surface area contributed by atoms with Gasteiger partial charge in [-0.25, -0.2) is 0 Å². The highest BCUT2D eigenvalue weighted by atomic mass is 16.5. The van der Waals surface area contributed by atoms with Crippen LogP contribution in [0.2, 0.25) is 0 Å². The number of benzene rings is 3. The number of ether oxygens (including phenoxy) is 2. The van der Waals surface area contributed by atoms with Gasteiger partial charge in [-0.2, -0.15) is 0 Å². The molecular weight excluding hydrogens is 514 g/mol. The number of nitrogens with zero attached hydrogens (tertiary/aromatic N) is 1. The van der Waals surface area contributed by atoms with Crippen molar-refractivity contribution in [1.82, 2.24) is 0 Å². The number of carbonyl (C=O) groups is 2. The summed E-state index contributed by atoms with van der Waals surface area (Å²) in [6, 6.07) is 18.0. The Morgan fingerprint density at radius 2 is 1.71 bits per heavy atom. The normalized spacial score (nSPS) is 16.9. The molecule has 4 rings (SSSR count). The van der Waals surface area contributed by atoms with Crippen molar-refractivity contribution in [2.45, 2.75) is 72.3 Å². The average molecular weight is 556 g/mol. The first-order valence-electron chi connectivity index (χ1n) is 14.2. The molecule has 0 spiro atoms. The molecular formula is C35H41NO5. The topological polar surface area (TPSA) is 76.1 Å². The number of aliphatic hydroxyl groups is 1. The van der Waals surface area contributed by atoms with Gasteiger partial charge in [0.15, 0.2) is 0 Å². The van der Waals surface area contributed by atoms with Gasteiger partial charge in [0.1, 0.15) is 17.3 Å². The second-order valence-electron chi connectivity index (χ2n) is 12.0. The van der Waals surface area contributed by atoms with Gasteiger partial charge in [-0.3, -0.25) is 14.5 Å². The predicted molar refractivity (Wildman–Crippen MR) is 164 cm³/mol. The Bertz CT molecular complexity index is 1480. The Morgan fingerprint density at radius 1 is 1.02 bits per heavy atom. The zero-order chi connectivity index (χ0) is 30.1. The predicted octanol–water partition coefficient (Wildman–Crippen LogP) is 7.84. The number of aryl methyl sites for hydroxylation is 1. The summed E-state index contributed by atoms with van der Waals surface area (Å²) in [4.78, 5) is 29.0. The number of anilines is 1. The molecule has 0 radical (unpaired) electrons. The van der Waals surface area contributed by atoms with Crippen molar-refractivity contribution in [1.29, 1.82) is 0 Å². The van der Waals surface area contributed by atoms with Crippen LogP contribution in [-0.2, 0) is 15.0 Å². The minimum absolute atomic E-state index is 0.0568. The third-order valence-corrected chi connectivity index (χ3v) is 7.56. The largest absolute Gasteiger partial charge is 0.507 e. The molecule has 0 bridgehead atoms. The molecule has 3 aromatic rings. The van der Waals surface area contributed by atoms with Gasteiger partial charge in [0.05, 0.1) is 25.3 Å². The number of hydrogen-bond acceptors (Lipinski definition) is 5. The van der Waals surface area contributed by atoms with Crippen LogP contribution < -0.4 is 14.4 Å². The van der Waals surface area contributed by atoms with Gasteiger partial charge in [-0.05, 0) is 71.2 Å². The van der Waals surface area contributed by atoms with Crippen molar-refractivity contribution >= 4 is 23.1 Å². The summed E-state index contributed by atoms with van der Waals surface area (Å²) in [5.74, 6) is -0.177. The zero-order valence-electron chi connectivity index (χ0n) is 25.4. The molecule has 1 atom stereocenters. The first-order valence-corrected chi connectivity index (χ1v) is 14.2. The Kier molecular flexibility index (Phi) is 8.62. The first kappa shape index (κ1) is 29.9. The van der Waals surface area contributed by atoms with Crippen LogP contribution in [0.25, 0.3) is 5.76 Å². The summed E-state index contributed by atoms with van der Waals surface area (Å²) in [7, 11) is 1.62. The van der Waals surface area contributed by atoms with Crippen LogP contribution >= 0.6 is 0 Å². The third-order valence-electron chi connectivity index (χ3n) is 7.56. The minimum Gasteiger partial charge on any atom is -0.507 e. The van der Waals surface area contributed by atoms with Crippen molar-refractivity contribution < 1.29 is 24.2 Å². The number of aliphatic hydroxyl groups excluding tert-OH is 1. The minimum atomic E-state index is -0.825. The molecule has 216 valence electrons. The van der Waals surface area contributed by atoms with Crippen molar-refractivity contribution in [3.8, 4) is 11.5 Å². The van der Waals surface area contributed by atoms with Crippen LogP contribution in [0.3, 0.4) is 0 Å². The van der Waals surface area contributed by atoms with Crippen LogP contribution in [0, 0.1) is 6.92 Å². The molecule has 6 heteroatoms. The maximum absolute atomic E-state index is 13.8. The first-order chi connectivity index (χ1) is 19.4. The molecule has 1 saturated heterocycles. The SMILES string of the molecule is CCCOc1cccc(N2C(=O)C(=O)/C(=C(/O)c3cc(C(C)C)c(OC)cc3C)C2c2ccc(C(C)(C)C)cc2)c1. The van der Waals surface area contributed by atoms with E-state index in [-0.39, 0.29) is 22.7 Å². The lowest BCUT2D eigenvalue weighted by Crippen LogP contribution is -2.29. The monoisotopic (exact) mass is 555 g/mol. The highest BCUT2D eigenvalue weighted by Gasteiger charge is 2.47. The number of methoxy groups -OCH3 is 1. The molecule has 6 nitrogen and oxygen atoms in total. The highest BCUT2D eigenvalue weighted by molar-refractivity contribution is 6.51. The van der Waals surface area contributed by atoms with E-state index in [0.717, 1.165) is 28.7 Å². The second kappa shape index (κ2) is 11.8. The number of ketones is 1. The van der Waals surface area contributed by atoms with Gasteiger partial charge >= 0.3 is 0 Å². The van der Waals surface area contributed by atoms with Crippen LogP contribution in [0.15, 0.2) is 66.2 Å². The molecule has 1 aliphatic heterocycles. The standard InChI is InChI=1S/C35H41NO5/c1-9-17-41-26-12-10-11-25(19-26)36-31(23-13-15-24(16-14-23)35(5,6)7)30(33(38)34(36)39)32(37)28-20-27(21(2)3)29(40-8)18-22(28)4/h10-16,18-21,31,37H,9,17H2,1-8H3/b32-30+. The van der Waals surface area contributed by atoms with Crippen molar-refractivity contribution in [3.05, 3.63) is 94.1 Å². The molecule has 1 N–H and O–H groups in total. The Morgan fingerprint density at radius 3 is 2.29 bits per heavy atom. The van der Waals surface area contributed by atoms with Gasteiger partial charge in [0.25, 0.3) is 11.7 Å². The summed E-state index contributed by atoms with van der Waals surface area (Å²) in [6.07, 6.45) is 0.842. The van der Waals surface area contributed by atoms with E-state index in [0.29, 0.717) is 29.4 Å². The lowest BCUT2D eigenvalue weighted by Gasteiger charge is -2.27. The summed E-state index contributed by atoms with van der Waals surface area (Å²) >= 11 is 0. The Hall–Kier alpha value is -4.06. The maximum Gasteiger partial charge on any atom is 0.300 e. The van der Waals surface area contributed by atoms with Gasteiger partial charge in [0.2, 0.25) is 0 Å². The summed E-state index contributed by atoms with van der Waals surface area (Å²) in [5, 5.41) is 11.8. The molecule has 0 aliphatic carbocycles. The van der Waals surface area contributed by atoms with E-state index in [4.69, 9.17) is 9.47 Å². The fourth-order valence-corrected chi connectivity index (χ4v) is 5.25. The lowest BCUT2D eigenvalue weighted by atomic mass is 9.85. The zero-order valence-corrected chi connectivity index (χ0v) is 25.4. The van der Waals surface area contributed by atoms with E-state index < -0.39 is 17.7 Å². The molecule has 3 aromatic carbocycles. The molecule has 0 aromatic heterocycles. The van der Waals surface area contributed by atoms with E-state index >= 15 is 0 Å². The summed E-state index contributed by atoms with van der Waals surface area (Å²) in [5.41, 5.74) is 4.52. The number of rotatable bonds is 8. The maximum atomic E-state index is 13.8. The highest BCUT2D eigenvalue weighted by Crippen LogP contribution is 2.44. The quantitative estimate of drug-likeness (QED) is 0.174. The van der Waals surface area contributed by atoms with E-state index in [1.54, 1.807) is 19.2 Å². The smallest absolute Gasteiger partial charge is 0.300 e. The van der Waals surface area contributed by atoms with Gasteiger partial charge in [-0.1, -0.05) is 71.9 Å². The molecule has 1 fully saturated rings. The second-order valence-corrected chi connectivity index (χ2v) is 12.0. The molecule has 0 saturated carbocycles. The molecule has 1 aliphatic rings. The average Bonchev–Trinajstić information content (AvgIpc) is 3.20. The van der Waals surface area contributed by atoms with E-state index in [9.17, 15) is 14.7 Å². The van der Waals surface area contributed by atoms with Crippen LogP contribution in [0.4, 0.5) is 5.69 Å².